The number of nitrogens with two attached hydrogens (primary N) is 1. The van der Waals surface area contributed by atoms with Crippen LogP contribution in [0.4, 0.5) is 35.9 Å². The van der Waals surface area contributed by atoms with Crippen molar-refractivity contribution in [3.05, 3.63) is 35.9 Å². The number of rotatable bonds is 8. The number of nitrogens with zero attached hydrogens (tertiary/aromatic N) is 1. The van der Waals surface area contributed by atoms with E-state index in [2.05, 4.69) is 33.0 Å². The summed E-state index contributed by atoms with van der Waals surface area (Å²) in [6.07, 6.45) is -1.26. The Labute approximate surface area is 184 Å². The van der Waals surface area contributed by atoms with Crippen molar-refractivity contribution in [2.75, 3.05) is 54.8 Å². The van der Waals surface area contributed by atoms with E-state index in [0.29, 0.717) is 29.4 Å². The molecule has 2 aliphatic rings. The number of hydrogen-bond donors (Lipinski definition) is 4. The quantitative estimate of drug-likeness (QED) is 0.367. The van der Waals surface area contributed by atoms with Gasteiger partial charge in [0.15, 0.2) is 0 Å². The van der Waals surface area contributed by atoms with Crippen LogP contribution >= 0.6 is 11.8 Å². The lowest BCUT2D eigenvalue weighted by Gasteiger charge is -2.27. The lowest BCUT2D eigenvalue weighted by atomic mass is 10.1. The van der Waals surface area contributed by atoms with Gasteiger partial charge in [-0.25, -0.2) is 0 Å². The molecule has 2 aromatic rings. The molecular weight excluding hydrogens is 423 g/mol. The number of hydrogen-bond acceptors (Lipinski definition) is 6. The molecule has 0 radical (unpaired) electrons. The number of nitrogens with one attached hydrogen (secondary N) is 3. The second kappa shape index (κ2) is 9.58. The van der Waals surface area contributed by atoms with Crippen molar-refractivity contribution in [3.63, 3.8) is 0 Å². The fourth-order valence-electron chi connectivity index (χ4n) is 3.92. The van der Waals surface area contributed by atoms with E-state index >= 15 is 0 Å². The Balaban J connectivity index is 1.56. The highest BCUT2D eigenvalue weighted by molar-refractivity contribution is 7.99. The van der Waals surface area contributed by atoms with E-state index in [1.807, 2.05) is 6.07 Å². The third kappa shape index (κ3) is 5.22. The first-order valence-corrected chi connectivity index (χ1v) is 11.5. The van der Waals surface area contributed by atoms with Crippen LogP contribution in [0, 0.1) is 0 Å². The minimum absolute atomic E-state index is 0.477. The van der Waals surface area contributed by atoms with Crippen molar-refractivity contribution in [3.8, 4) is 0 Å². The van der Waals surface area contributed by atoms with E-state index in [0.717, 1.165) is 48.9 Å². The second-order valence-electron chi connectivity index (χ2n) is 7.82. The molecule has 0 aliphatic carbocycles. The van der Waals surface area contributed by atoms with E-state index in [9.17, 15) is 13.2 Å². The third-order valence-electron chi connectivity index (χ3n) is 5.51. The number of benzene rings is 2. The summed E-state index contributed by atoms with van der Waals surface area (Å²) in [4.78, 5) is 3.87. The van der Waals surface area contributed by atoms with Gasteiger partial charge in [0, 0.05) is 48.2 Å². The number of fused-ring (bicyclic) bond motifs is 2. The van der Waals surface area contributed by atoms with E-state index in [4.69, 9.17) is 5.73 Å². The van der Waals surface area contributed by atoms with Gasteiger partial charge in [-0.15, -0.1) is 0 Å². The number of halogens is 3. The topological polar surface area (TPSA) is 65.3 Å². The Morgan fingerprint density at radius 1 is 1.03 bits per heavy atom. The average molecular weight is 452 g/mol. The molecule has 31 heavy (non-hydrogen) atoms. The SMILES string of the molecule is NCCNCCCNc1cc(C(F)(F)F)cc2c1Nc1ccc(N3CCCC3)cc1S2. The highest BCUT2D eigenvalue weighted by Gasteiger charge is 2.33. The second-order valence-corrected chi connectivity index (χ2v) is 8.90. The largest absolute Gasteiger partial charge is 0.416 e. The number of alkyl halides is 3. The molecule has 1 fully saturated rings. The molecule has 0 bridgehead atoms. The predicted molar refractivity (Wildman–Crippen MR) is 122 cm³/mol. The molecular formula is C22H28F3N5S. The highest BCUT2D eigenvalue weighted by Crippen LogP contribution is 2.50. The summed E-state index contributed by atoms with van der Waals surface area (Å²) < 4.78 is 40.6. The van der Waals surface area contributed by atoms with Crippen molar-refractivity contribution in [1.29, 1.82) is 0 Å². The third-order valence-corrected chi connectivity index (χ3v) is 6.61. The summed E-state index contributed by atoms with van der Waals surface area (Å²) in [6.45, 7) is 4.68. The van der Waals surface area contributed by atoms with Gasteiger partial charge in [0.25, 0.3) is 0 Å². The minimum atomic E-state index is -4.40. The lowest BCUT2D eigenvalue weighted by Crippen LogP contribution is -2.24. The highest BCUT2D eigenvalue weighted by atomic mass is 32.2. The molecule has 2 aliphatic heterocycles. The first-order chi connectivity index (χ1) is 15.0. The first kappa shape index (κ1) is 22.1. The van der Waals surface area contributed by atoms with Crippen LogP contribution in [0.2, 0.25) is 0 Å². The van der Waals surface area contributed by atoms with Crippen molar-refractivity contribution in [2.24, 2.45) is 5.73 Å². The van der Waals surface area contributed by atoms with E-state index < -0.39 is 11.7 Å². The molecule has 0 amide bonds. The molecule has 2 aromatic carbocycles. The zero-order chi connectivity index (χ0) is 21.8. The van der Waals surface area contributed by atoms with E-state index in [1.165, 1.54) is 36.7 Å². The van der Waals surface area contributed by atoms with Gasteiger partial charge in [-0.3, -0.25) is 0 Å². The zero-order valence-electron chi connectivity index (χ0n) is 17.3. The molecule has 1 saturated heterocycles. The monoisotopic (exact) mass is 451 g/mol. The maximum absolute atomic E-state index is 13.5. The predicted octanol–water partition coefficient (Wildman–Crippen LogP) is 4.86. The van der Waals surface area contributed by atoms with Crippen LogP contribution < -0.4 is 26.6 Å². The van der Waals surface area contributed by atoms with Crippen LogP contribution in [0.3, 0.4) is 0 Å². The molecule has 5 N–H and O–H groups in total. The zero-order valence-corrected chi connectivity index (χ0v) is 18.1. The molecule has 5 nitrogen and oxygen atoms in total. The molecule has 0 atom stereocenters. The summed E-state index contributed by atoms with van der Waals surface area (Å²) in [7, 11) is 0. The molecule has 9 heteroatoms. The van der Waals surface area contributed by atoms with Crippen LogP contribution in [-0.2, 0) is 6.18 Å². The van der Waals surface area contributed by atoms with Gasteiger partial charge in [-0.2, -0.15) is 13.2 Å². The van der Waals surface area contributed by atoms with E-state index in [-0.39, 0.29) is 0 Å². The maximum atomic E-state index is 13.5. The van der Waals surface area contributed by atoms with Crippen LogP contribution in [0.25, 0.3) is 0 Å². The average Bonchev–Trinajstić information content (AvgIpc) is 3.28. The van der Waals surface area contributed by atoms with Crippen LogP contribution in [0.15, 0.2) is 40.1 Å². The van der Waals surface area contributed by atoms with E-state index in [1.54, 1.807) is 0 Å². The molecule has 0 unspecified atom stereocenters. The number of anilines is 4. The van der Waals surface area contributed by atoms with Gasteiger partial charge in [-0.05, 0) is 56.1 Å². The molecule has 0 spiro atoms. The summed E-state index contributed by atoms with van der Waals surface area (Å²) >= 11 is 1.39. The Morgan fingerprint density at radius 2 is 1.84 bits per heavy atom. The van der Waals surface area contributed by atoms with Crippen molar-refractivity contribution in [2.45, 2.75) is 35.2 Å². The van der Waals surface area contributed by atoms with Gasteiger partial charge >= 0.3 is 6.18 Å². The minimum Gasteiger partial charge on any atom is -0.383 e. The Morgan fingerprint density at radius 3 is 2.58 bits per heavy atom. The fraction of sp³-hybridized carbons (Fsp3) is 0.455. The molecule has 0 aromatic heterocycles. The van der Waals surface area contributed by atoms with Crippen LogP contribution in [0.1, 0.15) is 24.8 Å². The summed E-state index contributed by atoms with van der Waals surface area (Å²) in [6, 6.07) is 8.63. The normalized spacial score (nSPS) is 15.4. The fourth-order valence-corrected chi connectivity index (χ4v) is 5.01. The van der Waals surface area contributed by atoms with Crippen molar-refractivity contribution in [1.82, 2.24) is 5.32 Å². The smallest absolute Gasteiger partial charge is 0.383 e. The van der Waals surface area contributed by atoms with Gasteiger partial charge in [-0.1, -0.05) is 11.8 Å². The lowest BCUT2D eigenvalue weighted by molar-refractivity contribution is -0.137. The standard InChI is InChI=1S/C22H28F3N5S/c23-22(24,25)15-12-18(28-8-3-7-27-9-6-26)21-20(13-15)31-19-14-16(4-5-17(19)29-21)30-10-1-2-11-30/h4-5,12-14,27-29H,1-3,6-11,26H2. The van der Waals surface area contributed by atoms with Crippen molar-refractivity contribution >= 4 is 34.5 Å². The summed E-state index contributed by atoms with van der Waals surface area (Å²) in [5, 5.41) is 9.75. The van der Waals surface area contributed by atoms with Crippen LogP contribution in [0.5, 0.6) is 0 Å². The van der Waals surface area contributed by atoms with Crippen molar-refractivity contribution < 1.29 is 13.2 Å². The Hall–Kier alpha value is -2.10. The van der Waals surface area contributed by atoms with Gasteiger partial charge in [0.05, 0.1) is 22.6 Å². The molecule has 168 valence electrons. The maximum Gasteiger partial charge on any atom is 0.416 e. The first-order valence-electron chi connectivity index (χ1n) is 10.7. The Bertz CT molecular complexity index is 913. The summed E-state index contributed by atoms with van der Waals surface area (Å²) in [5.74, 6) is 0. The molecule has 4 rings (SSSR count). The molecule has 0 saturated carbocycles. The van der Waals surface area contributed by atoms with Gasteiger partial charge in [0.1, 0.15) is 0 Å². The Kier molecular flexibility index (Phi) is 6.83. The van der Waals surface area contributed by atoms with Gasteiger partial charge in [0.2, 0.25) is 0 Å². The summed E-state index contributed by atoms with van der Waals surface area (Å²) in [5.41, 5.74) is 8.05. The molecule has 2 heterocycles. The van der Waals surface area contributed by atoms with Gasteiger partial charge < -0.3 is 26.6 Å². The van der Waals surface area contributed by atoms with Crippen LogP contribution in [-0.4, -0.2) is 39.3 Å².